The van der Waals surface area contributed by atoms with Crippen molar-refractivity contribution < 1.29 is 4.79 Å². The first-order valence-electron chi connectivity index (χ1n) is 7.96. The smallest absolute Gasteiger partial charge is 0.253 e. The average Bonchev–Trinajstić information content (AvgIpc) is 2.95. The fourth-order valence-electron chi connectivity index (χ4n) is 2.86. The maximum Gasteiger partial charge on any atom is 0.253 e. The maximum atomic E-state index is 12.5. The van der Waals surface area contributed by atoms with Crippen molar-refractivity contribution in [2.24, 2.45) is 0 Å². The second-order valence-corrected chi connectivity index (χ2v) is 5.82. The van der Waals surface area contributed by atoms with E-state index in [1.54, 1.807) is 24.5 Å². The fourth-order valence-corrected chi connectivity index (χ4v) is 2.86. The van der Waals surface area contributed by atoms with E-state index in [-0.39, 0.29) is 5.91 Å². The Morgan fingerprint density at radius 2 is 2.00 bits per heavy atom. The number of hydrogen-bond acceptors (Lipinski definition) is 3. The minimum absolute atomic E-state index is 0.114. The molecule has 5 heteroatoms. The molecule has 0 atom stereocenters. The Morgan fingerprint density at radius 1 is 1.24 bits per heavy atom. The SMILES string of the molecule is Cc1cc(C(=O)NCc2cccnc2)c(C)n1-c1ccc(C#N)cc1. The van der Waals surface area contributed by atoms with Crippen LogP contribution in [-0.4, -0.2) is 15.5 Å². The second kappa shape index (κ2) is 7.02. The molecule has 2 heterocycles. The summed E-state index contributed by atoms with van der Waals surface area (Å²) in [5.41, 5.74) is 4.98. The molecule has 5 nitrogen and oxygen atoms in total. The lowest BCUT2D eigenvalue weighted by Crippen LogP contribution is -2.23. The Labute approximate surface area is 146 Å². The minimum atomic E-state index is -0.114. The van der Waals surface area contributed by atoms with Crippen molar-refractivity contribution >= 4 is 5.91 Å². The fraction of sp³-hybridized carbons (Fsp3) is 0.150. The molecule has 0 saturated carbocycles. The van der Waals surface area contributed by atoms with E-state index < -0.39 is 0 Å². The van der Waals surface area contributed by atoms with Crippen LogP contribution >= 0.6 is 0 Å². The number of pyridine rings is 1. The van der Waals surface area contributed by atoms with Crippen LogP contribution in [0.5, 0.6) is 0 Å². The molecule has 0 fully saturated rings. The van der Waals surface area contributed by atoms with Crippen LogP contribution in [0, 0.1) is 25.2 Å². The minimum Gasteiger partial charge on any atom is -0.348 e. The van der Waals surface area contributed by atoms with E-state index in [1.807, 2.05) is 48.7 Å². The van der Waals surface area contributed by atoms with Crippen molar-refractivity contribution in [2.75, 3.05) is 0 Å². The molecule has 3 aromatic rings. The zero-order chi connectivity index (χ0) is 17.8. The Balaban J connectivity index is 1.83. The number of nitrogens with one attached hydrogen (secondary N) is 1. The van der Waals surface area contributed by atoms with Gasteiger partial charge in [-0.1, -0.05) is 6.07 Å². The van der Waals surface area contributed by atoms with Crippen molar-refractivity contribution in [3.8, 4) is 11.8 Å². The summed E-state index contributed by atoms with van der Waals surface area (Å²) in [7, 11) is 0. The number of hydrogen-bond donors (Lipinski definition) is 1. The number of carbonyl (C=O) groups is 1. The van der Waals surface area contributed by atoms with Gasteiger partial charge in [0.2, 0.25) is 0 Å². The molecule has 25 heavy (non-hydrogen) atoms. The van der Waals surface area contributed by atoms with E-state index in [2.05, 4.69) is 16.4 Å². The van der Waals surface area contributed by atoms with E-state index in [1.165, 1.54) is 0 Å². The van der Waals surface area contributed by atoms with Crippen molar-refractivity contribution in [2.45, 2.75) is 20.4 Å². The van der Waals surface area contributed by atoms with Crippen molar-refractivity contribution in [1.82, 2.24) is 14.9 Å². The van der Waals surface area contributed by atoms with Crippen molar-refractivity contribution in [3.05, 3.63) is 82.9 Å². The third-order valence-corrected chi connectivity index (χ3v) is 4.11. The predicted octanol–water partition coefficient (Wildman–Crippen LogP) is 3.29. The molecule has 3 rings (SSSR count). The van der Waals surface area contributed by atoms with Crippen LogP contribution in [-0.2, 0) is 6.54 Å². The lowest BCUT2D eigenvalue weighted by molar-refractivity contribution is 0.0950. The number of aromatic nitrogens is 2. The first-order chi connectivity index (χ1) is 12.1. The van der Waals surface area contributed by atoms with Gasteiger partial charge in [-0.05, 0) is 55.8 Å². The molecule has 0 saturated heterocycles. The summed E-state index contributed by atoms with van der Waals surface area (Å²) in [6.07, 6.45) is 3.44. The Kier molecular flexibility index (Phi) is 4.62. The highest BCUT2D eigenvalue weighted by Crippen LogP contribution is 2.21. The molecule has 124 valence electrons. The quantitative estimate of drug-likeness (QED) is 0.798. The Bertz CT molecular complexity index is 934. The molecule has 0 aliphatic heterocycles. The average molecular weight is 330 g/mol. The monoisotopic (exact) mass is 330 g/mol. The van der Waals surface area contributed by atoms with E-state index >= 15 is 0 Å². The second-order valence-electron chi connectivity index (χ2n) is 5.82. The molecular weight excluding hydrogens is 312 g/mol. The van der Waals surface area contributed by atoms with Gasteiger partial charge in [0, 0.05) is 36.0 Å². The van der Waals surface area contributed by atoms with Gasteiger partial charge in [0.15, 0.2) is 0 Å². The molecule has 0 spiro atoms. The third-order valence-electron chi connectivity index (χ3n) is 4.11. The third kappa shape index (κ3) is 3.43. The van der Waals surface area contributed by atoms with Crippen LogP contribution in [0.2, 0.25) is 0 Å². The molecule has 1 amide bonds. The summed E-state index contributed by atoms with van der Waals surface area (Å²) in [4.78, 5) is 16.6. The highest BCUT2D eigenvalue weighted by molar-refractivity contribution is 5.95. The highest BCUT2D eigenvalue weighted by atomic mass is 16.1. The van der Waals surface area contributed by atoms with Gasteiger partial charge in [0.05, 0.1) is 17.2 Å². The van der Waals surface area contributed by atoms with E-state index in [9.17, 15) is 4.79 Å². The maximum absolute atomic E-state index is 12.5. The summed E-state index contributed by atoms with van der Waals surface area (Å²) in [6, 6.07) is 15.1. The van der Waals surface area contributed by atoms with Gasteiger partial charge in [0.25, 0.3) is 5.91 Å². The van der Waals surface area contributed by atoms with Crippen molar-refractivity contribution in [1.29, 1.82) is 5.26 Å². The summed E-state index contributed by atoms with van der Waals surface area (Å²) < 4.78 is 2.01. The van der Waals surface area contributed by atoms with Crippen LogP contribution < -0.4 is 5.32 Å². The molecule has 0 aliphatic rings. The summed E-state index contributed by atoms with van der Waals surface area (Å²) >= 11 is 0. The molecule has 0 aliphatic carbocycles. The zero-order valence-corrected chi connectivity index (χ0v) is 14.2. The van der Waals surface area contributed by atoms with Gasteiger partial charge < -0.3 is 9.88 Å². The zero-order valence-electron chi connectivity index (χ0n) is 14.2. The van der Waals surface area contributed by atoms with E-state index in [0.29, 0.717) is 17.7 Å². The predicted molar refractivity (Wildman–Crippen MR) is 95.4 cm³/mol. The number of carbonyl (C=O) groups excluding carboxylic acids is 1. The van der Waals surface area contributed by atoms with Gasteiger partial charge in [-0.3, -0.25) is 9.78 Å². The number of nitriles is 1. The van der Waals surface area contributed by atoms with Gasteiger partial charge in [-0.25, -0.2) is 0 Å². The number of rotatable bonds is 4. The van der Waals surface area contributed by atoms with Gasteiger partial charge in [-0.2, -0.15) is 5.26 Å². The Morgan fingerprint density at radius 3 is 2.64 bits per heavy atom. The van der Waals surface area contributed by atoms with Crippen LogP contribution in [0.1, 0.15) is 32.9 Å². The largest absolute Gasteiger partial charge is 0.348 e. The van der Waals surface area contributed by atoms with Crippen LogP contribution in [0.4, 0.5) is 0 Å². The molecule has 0 radical (unpaired) electrons. The van der Waals surface area contributed by atoms with E-state index in [4.69, 9.17) is 5.26 Å². The topological polar surface area (TPSA) is 70.7 Å². The lowest BCUT2D eigenvalue weighted by atomic mass is 10.2. The molecular formula is C20H18N4O. The molecule has 0 unspecified atom stereocenters. The van der Waals surface area contributed by atoms with Gasteiger partial charge >= 0.3 is 0 Å². The van der Waals surface area contributed by atoms with Gasteiger partial charge in [-0.15, -0.1) is 0 Å². The molecule has 0 bridgehead atoms. The highest BCUT2D eigenvalue weighted by Gasteiger charge is 2.16. The summed E-state index contributed by atoms with van der Waals surface area (Å²) in [5.74, 6) is -0.114. The Hall–Kier alpha value is -3.39. The summed E-state index contributed by atoms with van der Waals surface area (Å²) in [5, 5.41) is 11.9. The lowest BCUT2D eigenvalue weighted by Gasteiger charge is -2.10. The summed E-state index contributed by atoms with van der Waals surface area (Å²) in [6.45, 7) is 4.32. The van der Waals surface area contributed by atoms with Crippen LogP contribution in [0.15, 0.2) is 54.9 Å². The van der Waals surface area contributed by atoms with E-state index in [0.717, 1.165) is 22.6 Å². The standard InChI is InChI=1S/C20H18N4O/c1-14-10-19(20(25)23-13-17-4-3-9-22-12-17)15(2)24(14)18-7-5-16(11-21)6-8-18/h3-10,12H,13H2,1-2H3,(H,23,25). The van der Waals surface area contributed by atoms with Gasteiger partial charge in [0.1, 0.15) is 0 Å². The number of nitrogens with zero attached hydrogens (tertiary/aromatic N) is 3. The van der Waals surface area contributed by atoms with Crippen LogP contribution in [0.3, 0.4) is 0 Å². The number of benzene rings is 1. The molecule has 1 aromatic carbocycles. The molecule has 2 aromatic heterocycles. The first-order valence-corrected chi connectivity index (χ1v) is 7.96. The first kappa shape index (κ1) is 16.5. The van der Waals surface area contributed by atoms with Crippen LogP contribution in [0.25, 0.3) is 5.69 Å². The molecule has 1 N–H and O–H groups in total. The normalized spacial score (nSPS) is 10.3. The van der Waals surface area contributed by atoms with Crippen molar-refractivity contribution in [3.63, 3.8) is 0 Å². The number of aryl methyl sites for hydroxylation is 1. The number of amides is 1.